The molecule has 120 valence electrons. The van der Waals surface area contributed by atoms with E-state index in [-0.39, 0.29) is 10.6 Å². The van der Waals surface area contributed by atoms with Gasteiger partial charge in [-0.15, -0.1) is 0 Å². The summed E-state index contributed by atoms with van der Waals surface area (Å²) in [5, 5.41) is 11.9. The van der Waals surface area contributed by atoms with Crippen LogP contribution in [0.5, 0.6) is 0 Å². The number of aromatic amines is 1. The molecule has 1 fully saturated rings. The van der Waals surface area contributed by atoms with Gasteiger partial charge < -0.3 is 4.90 Å². The van der Waals surface area contributed by atoms with Crippen molar-refractivity contribution in [1.29, 1.82) is 0 Å². The van der Waals surface area contributed by atoms with Crippen LogP contribution < -0.4 is 14.8 Å². The Labute approximate surface area is 139 Å². The van der Waals surface area contributed by atoms with Crippen molar-refractivity contribution in [1.82, 2.24) is 0 Å². The molecule has 3 rings (SSSR count). The SMILES string of the molecule is O=[N+]([O-])c1ccc[nH+]c1N1CC[NH+](Cc2cccc(Cl)c2)CC1. The molecule has 0 saturated carbocycles. The smallest absolute Gasteiger partial charge is 0.325 e. The third kappa shape index (κ3) is 3.78. The number of hydrogen-bond donors (Lipinski definition) is 1. The van der Waals surface area contributed by atoms with E-state index in [9.17, 15) is 10.1 Å². The average molecular weight is 335 g/mol. The molecule has 0 aliphatic carbocycles. The number of nitro groups is 1. The number of quaternary nitrogens is 1. The summed E-state index contributed by atoms with van der Waals surface area (Å²) in [5.74, 6) is 0.597. The predicted molar refractivity (Wildman–Crippen MR) is 87.7 cm³/mol. The lowest BCUT2D eigenvalue weighted by molar-refractivity contribution is -0.914. The number of hydrogen-bond acceptors (Lipinski definition) is 3. The maximum Gasteiger partial charge on any atom is 0.357 e. The molecule has 2 N–H and O–H groups in total. The zero-order chi connectivity index (χ0) is 16.2. The van der Waals surface area contributed by atoms with Gasteiger partial charge >= 0.3 is 11.5 Å². The lowest BCUT2D eigenvalue weighted by atomic mass is 10.2. The van der Waals surface area contributed by atoms with Crippen LogP contribution >= 0.6 is 11.6 Å². The fourth-order valence-corrected chi connectivity index (χ4v) is 3.19. The Kier molecular flexibility index (Phi) is 4.73. The highest BCUT2D eigenvalue weighted by atomic mass is 35.5. The van der Waals surface area contributed by atoms with Crippen LogP contribution in [-0.4, -0.2) is 31.1 Å². The Balaban J connectivity index is 1.64. The number of pyridine rings is 1. The topological polar surface area (TPSA) is 65.0 Å². The van der Waals surface area contributed by atoms with Gasteiger partial charge in [0.2, 0.25) is 0 Å². The zero-order valence-corrected chi connectivity index (χ0v) is 13.4. The van der Waals surface area contributed by atoms with E-state index in [1.165, 1.54) is 16.5 Å². The molecule has 1 saturated heterocycles. The summed E-state index contributed by atoms with van der Waals surface area (Å²) >= 11 is 6.03. The lowest BCUT2D eigenvalue weighted by Crippen LogP contribution is -3.13. The van der Waals surface area contributed by atoms with E-state index in [1.54, 1.807) is 12.3 Å². The van der Waals surface area contributed by atoms with E-state index in [0.717, 1.165) is 37.7 Å². The van der Waals surface area contributed by atoms with Crippen molar-refractivity contribution < 1.29 is 14.8 Å². The Hall–Kier alpha value is -2.18. The van der Waals surface area contributed by atoms with E-state index in [4.69, 9.17) is 11.6 Å². The number of halogens is 1. The second kappa shape index (κ2) is 6.93. The van der Waals surface area contributed by atoms with E-state index in [1.807, 2.05) is 18.2 Å². The van der Waals surface area contributed by atoms with Crippen LogP contribution in [0.1, 0.15) is 5.56 Å². The predicted octanol–water partition coefficient (Wildman–Crippen LogP) is 0.967. The summed E-state index contributed by atoms with van der Waals surface area (Å²) in [6.07, 6.45) is 1.73. The number of H-pyrrole nitrogens is 1. The van der Waals surface area contributed by atoms with Gasteiger partial charge in [0.15, 0.2) is 0 Å². The van der Waals surface area contributed by atoms with Crippen LogP contribution in [0.4, 0.5) is 11.5 Å². The molecule has 1 aromatic carbocycles. The third-order valence-corrected chi connectivity index (χ3v) is 4.37. The standard InChI is InChI=1S/C16H17ClN4O2/c17-14-4-1-3-13(11-14)12-19-7-9-20(10-8-19)16-15(21(22)23)5-2-6-18-16/h1-6,11H,7-10,12H2/p+2. The van der Waals surface area contributed by atoms with Crippen molar-refractivity contribution >= 4 is 23.1 Å². The summed E-state index contributed by atoms with van der Waals surface area (Å²) in [4.78, 5) is 17.3. The molecular formula is C16H19ClN4O2+2. The van der Waals surface area contributed by atoms with Crippen LogP contribution in [0.3, 0.4) is 0 Å². The molecule has 1 aliphatic rings. The molecule has 0 bridgehead atoms. The molecule has 0 unspecified atom stereocenters. The summed E-state index contributed by atoms with van der Waals surface area (Å²) in [7, 11) is 0. The van der Waals surface area contributed by atoms with Crippen LogP contribution in [0.15, 0.2) is 42.6 Å². The van der Waals surface area contributed by atoms with Gasteiger partial charge in [-0.3, -0.25) is 10.1 Å². The minimum Gasteiger partial charge on any atom is -0.325 e. The van der Waals surface area contributed by atoms with Crippen LogP contribution in [-0.2, 0) is 6.54 Å². The van der Waals surface area contributed by atoms with Gasteiger partial charge in [-0.1, -0.05) is 23.7 Å². The summed E-state index contributed by atoms with van der Waals surface area (Å²) in [6, 6.07) is 11.1. The minimum atomic E-state index is -0.336. The summed E-state index contributed by atoms with van der Waals surface area (Å²) < 4.78 is 0. The lowest BCUT2D eigenvalue weighted by Gasteiger charge is -2.28. The summed E-state index contributed by atoms with van der Waals surface area (Å²) in [6.45, 7) is 4.38. The zero-order valence-electron chi connectivity index (χ0n) is 12.7. The van der Waals surface area contributed by atoms with Crippen molar-refractivity contribution in [3.05, 3.63) is 63.3 Å². The van der Waals surface area contributed by atoms with Crippen molar-refractivity contribution in [2.75, 3.05) is 31.1 Å². The quantitative estimate of drug-likeness (QED) is 0.669. The first-order valence-corrected chi connectivity index (χ1v) is 7.99. The highest BCUT2D eigenvalue weighted by molar-refractivity contribution is 6.30. The van der Waals surface area contributed by atoms with E-state index >= 15 is 0 Å². The Bertz CT molecular complexity index is 702. The molecule has 0 radical (unpaired) electrons. The van der Waals surface area contributed by atoms with Gasteiger partial charge in [0, 0.05) is 16.7 Å². The highest BCUT2D eigenvalue weighted by Gasteiger charge is 2.32. The van der Waals surface area contributed by atoms with Gasteiger partial charge in [0.05, 0.1) is 11.1 Å². The Morgan fingerprint density at radius 1 is 1.26 bits per heavy atom. The molecule has 1 aromatic heterocycles. The Morgan fingerprint density at radius 3 is 2.74 bits per heavy atom. The Morgan fingerprint density at radius 2 is 2.04 bits per heavy atom. The number of benzene rings is 1. The van der Waals surface area contributed by atoms with E-state index in [0.29, 0.717) is 5.82 Å². The van der Waals surface area contributed by atoms with Gasteiger partial charge in [-0.2, -0.15) is 0 Å². The molecule has 23 heavy (non-hydrogen) atoms. The average Bonchev–Trinajstić information content (AvgIpc) is 2.55. The van der Waals surface area contributed by atoms with Crippen LogP contribution in [0.2, 0.25) is 5.02 Å². The minimum absolute atomic E-state index is 0.130. The van der Waals surface area contributed by atoms with E-state index < -0.39 is 0 Å². The maximum atomic E-state index is 11.1. The van der Waals surface area contributed by atoms with Gasteiger partial charge in [-0.05, 0) is 18.2 Å². The van der Waals surface area contributed by atoms with Gasteiger partial charge in [0.25, 0.3) is 0 Å². The van der Waals surface area contributed by atoms with Crippen LogP contribution in [0.25, 0.3) is 0 Å². The molecule has 0 atom stereocenters. The molecule has 2 aromatic rings. The fraction of sp³-hybridized carbons (Fsp3) is 0.312. The van der Waals surface area contributed by atoms with Crippen molar-refractivity contribution in [3.8, 4) is 0 Å². The van der Waals surface area contributed by atoms with Crippen molar-refractivity contribution in [2.45, 2.75) is 6.54 Å². The molecular weight excluding hydrogens is 316 g/mol. The number of piperazine rings is 1. The first-order valence-electron chi connectivity index (χ1n) is 7.61. The number of aromatic nitrogens is 1. The molecule has 1 aliphatic heterocycles. The van der Waals surface area contributed by atoms with Crippen LogP contribution in [0, 0.1) is 10.1 Å². The molecule has 0 amide bonds. The molecule has 0 spiro atoms. The second-order valence-electron chi connectivity index (χ2n) is 5.70. The second-order valence-corrected chi connectivity index (χ2v) is 6.14. The number of nitrogens with zero attached hydrogens (tertiary/aromatic N) is 2. The number of nitrogens with one attached hydrogen (secondary N) is 2. The maximum absolute atomic E-state index is 11.1. The van der Waals surface area contributed by atoms with Crippen molar-refractivity contribution in [2.24, 2.45) is 0 Å². The first kappa shape index (κ1) is 15.7. The normalized spacial score (nSPS) is 15.6. The fourth-order valence-electron chi connectivity index (χ4n) is 2.98. The van der Waals surface area contributed by atoms with Gasteiger partial charge in [-0.25, -0.2) is 9.88 Å². The molecule has 6 nitrogen and oxygen atoms in total. The highest BCUT2D eigenvalue weighted by Crippen LogP contribution is 2.21. The molecule has 2 heterocycles. The number of rotatable bonds is 4. The van der Waals surface area contributed by atoms with Crippen molar-refractivity contribution in [3.63, 3.8) is 0 Å². The third-order valence-electron chi connectivity index (χ3n) is 4.14. The number of anilines is 1. The van der Waals surface area contributed by atoms with E-state index in [2.05, 4.69) is 16.0 Å². The monoisotopic (exact) mass is 334 g/mol. The molecule has 7 heteroatoms. The summed E-state index contributed by atoms with van der Waals surface area (Å²) in [5.41, 5.74) is 1.35. The first-order chi connectivity index (χ1) is 11.1. The van der Waals surface area contributed by atoms with Gasteiger partial charge in [0.1, 0.15) is 32.7 Å². The largest absolute Gasteiger partial charge is 0.357 e.